The van der Waals surface area contributed by atoms with Crippen LogP contribution in [0.1, 0.15) is 19.8 Å². The van der Waals surface area contributed by atoms with Crippen molar-refractivity contribution in [3.8, 4) is 0 Å². The molecule has 0 bridgehead atoms. The molecule has 14 heavy (non-hydrogen) atoms. The maximum Gasteiger partial charge on any atom is 0.0670 e. The van der Waals surface area contributed by atoms with E-state index in [1.165, 1.54) is 25.9 Å². The van der Waals surface area contributed by atoms with Gasteiger partial charge in [-0.3, -0.25) is 0 Å². The highest BCUT2D eigenvalue weighted by Gasteiger charge is 2.40. The van der Waals surface area contributed by atoms with Gasteiger partial charge in [0.2, 0.25) is 0 Å². The van der Waals surface area contributed by atoms with Crippen molar-refractivity contribution in [2.24, 2.45) is 17.6 Å². The van der Waals surface area contributed by atoms with E-state index in [0.29, 0.717) is 12.1 Å². The third-order valence-corrected chi connectivity index (χ3v) is 3.91. The fourth-order valence-electron chi connectivity index (χ4n) is 2.99. The van der Waals surface area contributed by atoms with E-state index in [1.54, 1.807) is 7.11 Å². The van der Waals surface area contributed by atoms with Crippen LogP contribution in [-0.2, 0) is 4.74 Å². The zero-order valence-electron chi connectivity index (χ0n) is 9.28. The van der Waals surface area contributed by atoms with Crippen LogP contribution in [0.2, 0.25) is 0 Å². The fourth-order valence-corrected chi connectivity index (χ4v) is 2.99. The molecule has 0 aromatic rings. The van der Waals surface area contributed by atoms with E-state index >= 15 is 0 Å². The molecule has 1 heterocycles. The van der Waals surface area contributed by atoms with E-state index in [2.05, 4.69) is 11.8 Å². The summed E-state index contributed by atoms with van der Waals surface area (Å²) >= 11 is 0. The SMILES string of the molecule is COC(C)CN1CC2CCC(N)C2C1. The minimum absolute atomic E-state index is 0.352. The summed E-state index contributed by atoms with van der Waals surface area (Å²) in [7, 11) is 1.79. The molecule has 1 saturated heterocycles. The van der Waals surface area contributed by atoms with Crippen molar-refractivity contribution in [2.75, 3.05) is 26.7 Å². The van der Waals surface area contributed by atoms with Crippen LogP contribution in [0, 0.1) is 11.8 Å². The Bertz CT molecular complexity index is 198. The second kappa shape index (κ2) is 4.17. The van der Waals surface area contributed by atoms with Gasteiger partial charge in [0, 0.05) is 32.8 Å². The van der Waals surface area contributed by atoms with Gasteiger partial charge in [-0.1, -0.05) is 0 Å². The molecule has 0 spiro atoms. The Morgan fingerprint density at radius 1 is 1.43 bits per heavy atom. The molecule has 4 atom stereocenters. The number of nitrogens with two attached hydrogens (primary N) is 1. The van der Waals surface area contributed by atoms with E-state index < -0.39 is 0 Å². The van der Waals surface area contributed by atoms with Crippen molar-refractivity contribution >= 4 is 0 Å². The minimum atomic E-state index is 0.352. The summed E-state index contributed by atoms with van der Waals surface area (Å²) in [6, 6.07) is 0.461. The van der Waals surface area contributed by atoms with Crippen molar-refractivity contribution in [1.82, 2.24) is 4.90 Å². The molecule has 1 aliphatic heterocycles. The summed E-state index contributed by atoms with van der Waals surface area (Å²) in [6.07, 6.45) is 2.93. The van der Waals surface area contributed by atoms with Gasteiger partial charge in [-0.05, 0) is 31.6 Å². The molecular formula is C11H22N2O. The van der Waals surface area contributed by atoms with Crippen molar-refractivity contribution in [3.63, 3.8) is 0 Å². The minimum Gasteiger partial charge on any atom is -0.380 e. The van der Waals surface area contributed by atoms with Crippen LogP contribution in [0.4, 0.5) is 0 Å². The van der Waals surface area contributed by atoms with Crippen LogP contribution in [0.5, 0.6) is 0 Å². The summed E-state index contributed by atoms with van der Waals surface area (Å²) in [5.74, 6) is 1.63. The van der Waals surface area contributed by atoms with Gasteiger partial charge in [-0.15, -0.1) is 0 Å². The van der Waals surface area contributed by atoms with E-state index in [4.69, 9.17) is 10.5 Å². The molecule has 2 rings (SSSR count). The Labute approximate surface area is 86.6 Å². The Morgan fingerprint density at radius 2 is 2.21 bits per heavy atom. The maximum absolute atomic E-state index is 6.09. The predicted octanol–water partition coefficient (Wildman–Crippen LogP) is 0.690. The van der Waals surface area contributed by atoms with E-state index in [0.717, 1.165) is 18.4 Å². The highest BCUT2D eigenvalue weighted by molar-refractivity contribution is 4.95. The van der Waals surface area contributed by atoms with Crippen molar-refractivity contribution in [1.29, 1.82) is 0 Å². The quantitative estimate of drug-likeness (QED) is 0.725. The molecule has 82 valence electrons. The Morgan fingerprint density at radius 3 is 2.86 bits per heavy atom. The number of hydrogen-bond acceptors (Lipinski definition) is 3. The molecule has 0 amide bonds. The number of hydrogen-bond donors (Lipinski definition) is 1. The first-order valence-electron chi connectivity index (χ1n) is 5.71. The number of rotatable bonds is 3. The van der Waals surface area contributed by atoms with E-state index in [9.17, 15) is 0 Å². The summed E-state index contributed by atoms with van der Waals surface area (Å²) in [5, 5.41) is 0. The third-order valence-electron chi connectivity index (χ3n) is 3.91. The first-order chi connectivity index (χ1) is 6.70. The van der Waals surface area contributed by atoms with Gasteiger partial charge in [0.25, 0.3) is 0 Å². The summed E-state index contributed by atoms with van der Waals surface area (Å²) in [6.45, 7) is 5.63. The van der Waals surface area contributed by atoms with Gasteiger partial charge in [0.15, 0.2) is 0 Å². The first-order valence-corrected chi connectivity index (χ1v) is 5.71. The molecule has 0 aromatic heterocycles. The molecule has 1 aliphatic carbocycles. The maximum atomic E-state index is 6.09. The van der Waals surface area contributed by atoms with Gasteiger partial charge < -0.3 is 15.4 Å². The number of likely N-dealkylation sites (tertiary alicyclic amines) is 1. The highest BCUT2D eigenvalue weighted by atomic mass is 16.5. The topological polar surface area (TPSA) is 38.5 Å². The number of nitrogens with zero attached hydrogens (tertiary/aromatic N) is 1. The zero-order chi connectivity index (χ0) is 10.1. The standard InChI is InChI=1S/C11H22N2O/c1-8(14-2)5-13-6-9-3-4-11(12)10(9)7-13/h8-11H,3-7,12H2,1-2H3. The third kappa shape index (κ3) is 1.95. The Hall–Kier alpha value is -0.120. The smallest absolute Gasteiger partial charge is 0.0670 e. The van der Waals surface area contributed by atoms with Gasteiger partial charge in [-0.2, -0.15) is 0 Å². The summed E-state index contributed by atoms with van der Waals surface area (Å²) < 4.78 is 5.29. The van der Waals surface area contributed by atoms with Crippen LogP contribution >= 0.6 is 0 Å². The molecular weight excluding hydrogens is 176 g/mol. The average molecular weight is 198 g/mol. The Balaban J connectivity index is 1.83. The van der Waals surface area contributed by atoms with Crippen molar-refractivity contribution in [2.45, 2.75) is 31.9 Å². The average Bonchev–Trinajstić information content (AvgIpc) is 2.69. The predicted molar refractivity (Wildman–Crippen MR) is 57.1 cm³/mol. The normalized spacial score (nSPS) is 40.1. The molecule has 3 nitrogen and oxygen atoms in total. The van der Waals surface area contributed by atoms with Crippen LogP contribution in [-0.4, -0.2) is 43.8 Å². The lowest BCUT2D eigenvalue weighted by Gasteiger charge is -2.21. The second-order valence-electron chi connectivity index (χ2n) is 4.93. The summed E-state index contributed by atoms with van der Waals surface area (Å²) in [5.41, 5.74) is 6.09. The lowest BCUT2D eigenvalue weighted by molar-refractivity contribution is 0.0823. The molecule has 2 fully saturated rings. The Kier molecular flexibility index (Phi) is 3.10. The highest BCUT2D eigenvalue weighted by Crippen LogP contribution is 2.36. The lowest BCUT2D eigenvalue weighted by Crippen LogP contribution is -2.33. The monoisotopic (exact) mass is 198 g/mol. The van der Waals surface area contributed by atoms with Crippen LogP contribution in [0.15, 0.2) is 0 Å². The number of methoxy groups -OCH3 is 1. The van der Waals surface area contributed by atoms with Gasteiger partial charge >= 0.3 is 0 Å². The van der Waals surface area contributed by atoms with Gasteiger partial charge in [0.05, 0.1) is 6.10 Å². The molecule has 4 unspecified atom stereocenters. The van der Waals surface area contributed by atoms with E-state index in [-0.39, 0.29) is 0 Å². The molecule has 3 heteroatoms. The number of ether oxygens (including phenoxy) is 1. The van der Waals surface area contributed by atoms with Gasteiger partial charge in [-0.25, -0.2) is 0 Å². The summed E-state index contributed by atoms with van der Waals surface area (Å²) in [4.78, 5) is 2.52. The molecule has 1 saturated carbocycles. The molecule has 0 aromatic carbocycles. The second-order valence-corrected chi connectivity index (χ2v) is 4.93. The van der Waals surface area contributed by atoms with Crippen LogP contribution < -0.4 is 5.73 Å². The van der Waals surface area contributed by atoms with Gasteiger partial charge in [0.1, 0.15) is 0 Å². The van der Waals surface area contributed by atoms with Crippen molar-refractivity contribution < 1.29 is 4.74 Å². The molecule has 2 aliphatic rings. The van der Waals surface area contributed by atoms with Crippen molar-refractivity contribution in [3.05, 3.63) is 0 Å². The van der Waals surface area contributed by atoms with Crippen LogP contribution in [0.3, 0.4) is 0 Å². The van der Waals surface area contributed by atoms with E-state index in [1.807, 2.05) is 0 Å². The first kappa shape index (κ1) is 10.4. The molecule has 0 radical (unpaired) electrons. The number of fused-ring (bicyclic) bond motifs is 1. The van der Waals surface area contributed by atoms with Crippen LogP contribution in [0.25, 0.3) is 0 Å². The fraction of sp³-hybridized carbons (Fsp3) is 1.00. The molecule has 2 N–H and O–H groups in total. The lowest BCUT2D eigenvalue weighted by atomic mass is 9.98. The zero-order valence-corrected chi connectivity index (χ0v) is 9.28. The largest absolute Gasteiger partial charge is 0.380 e.